The van der Waals surface area contributed by atoms with E-state index in [2.05, 4.69) is 0 Å². The normalized spacial score (nSPS) is 18.5. The van der Waals surface area contributed by atoms with Gasteiger partial charge in [-0.1, -0.05) is 35.3 Å². The number of furan rings is 1. The predicted molar refractivity (Wildman–Crippen MR) is 81.4 cm³/mol. The van der Waals surface area contributed by atoms with Crippen LogP contribution in [-0.4, -0.2) is 23.1 Å². The zero-order valence-corrected chi connectivity index (χ0v) is 12.7. The van der Waals surface area contributed by atoms with Crippen LogP contribution in [0.2, 0.25) is 10.0 Å². The Kier molecular flexibility index (Phi) is 3.96. The summed E-state index contributed by atoms with van der Waals surface area (Å²) in [5, 5.41) is 0.881. The summed E-state index contributed by atoms with van der Waals surface area (Å²) in [6, 6.07) is 8.86. The van der Waals surface area contributed by atoms with Gasteiger partial charge in [-0.2, -0.15) is 0 Å². The average Bonchev–Trinajstić information content (AvgIpc) is 3.11. The molecule has 0 saturated carbocycles. The lowest BCUT2D eigenvalue weighted by molar-refractivity contribution is 0.0728. The minimum Gasteiger partial charge on any atom is -0.459 e. The van der Waals surface area contributed by atoms with Gasteiger partial charge in [0.1, 0.15) is 5.37 Å². The molecule has 6 heteroatoms. The molecule has 0 bridgehead atoms. The summed E-state index contributed by atoms with van der Waals surface area (Å²) in [5.74, 6) is 1.08. The minimum atomic E-state index is -0.126. The Morgan fingerprint density at radius 3 is 2.90 bits per heavy atom. The van der Waals surface area contributed by atoms with Crippen molar-refractivity contribution in [1.82, 2.24) is 4.90 Å². The van der Waals surface area contributed by atoms with Gasteiger partial charge in [-0.3, -0.25) is 4.79 Å². The lowest BCUT2D eigenvalue weighted by Crippen LogP contribution is -2.30. The first-order valence-electron chi connectivity index (χ1n) is 6.08. The van der Waals surface area contributed by atoms with E-state index < -0.39 is 0 Å². The van der Waals surface area contributed by atoms with E-state index in [1.807, 2.05) is 12.1 Å². The van der Waals surface area contributed by atoms with Crippen molar-refractivity contribution in [3.63, 3.8) is 0 Å². The van der Waals surface area contributed by atoms with Gasteiger partial charge in [0.05, 0.1) is 16.3 Å². The minimum absolute atomic E-state index is 0.124. The van der Waals surface area contributed by atoms with E-state index in [1.165, 1.54) is 6.26 Å². The quantitative estimate of drug-likeness (QED) is 0.815. The highest BCUT2D eigenvalue weighted by Gasteiger charge is 2.33. The van der Waals surface area contributed by atoms with Crippen molar-refractivity contribution in [1.29, 1.82) is 0 Å². The van der Waals surface area contributed by atoms with Crippen LogP contribution in [0.25, 0.3) is 0 Å². The molecule has 1 aromatic carbocycles. The van der Waals surface area contributed by atoms with E-state index in [9.17, 15) is 4.79 Å². The number of amides is 1. The molecule has 0 aliphatic carbocycles. The van der Waals surface area contributed by atoms with Crippen LogP contribution < -0.4 is 0 Å². The molecule has 1 aliphatic heterocycles. The molecule has 104 valence electrons. The number of hydrogen-bond acceptors (Lipinski definition) is 3. The van der Waals surface area contributed by atoms with Crippen molar-refractivity contribution in [2.75, 3.05) is 12.3 Å². The monoisotopic (exact) mass is 327 g/mol. The molecule has 0 radical (unpaired) electrons. The van der Waals surface area contributed by atoms with Crippen molar-refractivity contribution in [2.45, 2.75) is 5.37 Å². The topological polar surface area (TPSA) is 33.5 Å². The van der Waals surface area contributed by atoms with E-state index in [1.54, 1.807) is 34.9 Å². The van der Waals surface area contributed by atoms with E-state index >= 15 is 0 Å². The van der Waals surface area contributed by atoms with Crippen LogP contribution in [0.3, 0.4) is 0 Å². The summed E-state index contributed by atoms with van der Waals surface area (Å²) < 4.78 is 5.19. The molecule has 20 heavy (non-hydrogen) atoms. The highest BCUT2D eigenvalue weighted by Crippen LogP contribution is 2.43. The first kappa shape index (κ1) is 13.9. The number of halogens is 2. The van der Waals surface area contributed by atoms with Crippen LogP contribution in [0.15, 0.2) is 41.0 Å². The van der Waals surface area contributed by atoms with Crippen LogP contribution in [-0.2, 0) is 0 Å². The van der Waals surface area contributed by atoms with Gasteiger partial charge in [-0.25, -0.2) is 0 Å². The average molecular weight is 328 g/mol. The number of nitrogens with zero attached hydrogens (tertiary/aromatic N) is 1. The van der Waals surface area contributed by atoms with Crippen LogP contribution >= 0.6 is 35.0 Å². The maximum atomic E-state index is 12.4. The third-order valence-electron chi connectivity index (χ3n) is 3.13. The largest absolute Gasteiger partial charge is 0.459 e. The third-order valence-corrected chi connectivity index (χ3v) is 5.21. The van der Waals surface area contributed by atoms with Crippen molar-refractivity contribution < 1.29 is 9.21 Å². The van der Waals surface area contributed by atoms with E-state index in [0.29, 0.717) is 22.4 Å². The third kappa shape index (κ3) is 2.43. The van der Waals surface area contributed by atoms with Gasteiger partial charge < -0.3 is 9.32 Å². The van der Waals surface area contributed by atoms with Gasteiger partial charge in [0.15, 0.2) is 5.76 Å². The standard InChI is InChI=1S/C14H11Cl2NO2S/c15-10-4-1-3-9(12(10)16)14-17(6-8-20-14)13(18)11-5-2-7-19-11/h1-5,7,14H,6,8H2. The van der Waals surface area contributed by atoms with E-state index in [0.717, 1.165) is 11.3 Å². The second-order valence-electron chi connectivity index (χ2n) is 4.34. The number of carbonyl (C=O) groups excluding carboxylic acids is 1. The summed E-state index contributed by atoms with van der Waals surface area (Å²) >= 11 is 14.0. The Morgan fingerprint density at radius 1 is 1.30 bits per heavy atom. The summed E-state index contributed by atoms with van der Waals surface area (Å²) in [7, 11) is 0. The van der Waals surface area contributed by atoms with Gasteiger partial charge in [-0.05, 0) is 18.2 Å². The Hall–Kier alpha value is -1.10. The number of thioether (sulfide) groups is 1. The molecule has 1 aliphatic rings. The Bertz CT molecular complexity index is 630. The fraction of sp³-hybridized carbons (Fsp3) is 0.214. The molecule has 1 saturated heterocycles. The molecular formula is C14H11Cl2NO2S. The van der Waals surface area contributed by atoms with Crippen LogP contribution in [0.5, 0.6) is 0 Å². The molecule has 1 aromatic heterocycles. The van der Waals surface area contributed by atoms with Gasteiger partial charge in [0.2, 0.25) is 0 Å². The zero-order chi connectivity index (χ0) is 14.1. The molecule has 0 N–H and O–H groups in total. The van der Waals surface area contributed by atoms with Crippen LogP contribution in [0.1, 0.15) is 21.5 Å². The van der Waals surface area contributed by atoms with Crippen molar-refractivity contribution in [3.05, 3.63) is 58.0 Å². The Balaban J connectivity index is 1.93. The number of rotatable bonds is 2. The first-order valence-corrected chi connectivity index (χ1v) is 7.89. The number of hydrogen-bond donors (Lipinski definition) is 0. The highest BCUT2D eigenvalue weighted by molar-refractivity contribution is 7.99. The van der Waals surface area contributed by atoms with Gasteiger partial charge in [-0.15, -0.1) is 11.8 Å². The highest BCUT2D eigenvalue weighted by atomic mass is 35.5. The summed E-state index contributed by atoms with van der Waals surface area (Å²) in [6.45, 7) is 0.664. The number of carbonyl (C=O) groups is 1. The van der Waals surface area contributed by atoms with Crippen LogP contribution in [0.4, 0.5) is 0 Å². The zero-order valence-electron chi connectivity index (χ0n) is 10.4. The Morgan fingerprint density at radius 2 is 2.15 bits per heavy atom. The Labute approximate surface area is 130 Å². The lowest BCUT2D eigenvalue weighted by atomic mass is 10.2. The van der Waals surface area contributed by atoms with Crippen LogP contribution in [0, 0.1) is 0 Å². The molecule has 1 atom stereocenters. The summed E-state index contributed by atoms with van der Waals surface area (Å²) in [4.78, 5) is 14.2. The second kappa shape index (κ2) is 5.72. The molecule has 1 unspecified atom stereocenters. The first-order chi connectivity index (χ1) is 9.68. The SMILES string of the molecule is O=C(c1ccco1)N1CCSC1c1cccc(Cl)c1Cl. The van der Waals surface area contributed by atoms with Crippen molar-refractivity contribution in [2.24, 2.45) is 0 Å². The molecule has 0 spiro atoms. The predicted octanol–water partition coefficient (Wildman–Crippen LogP) is 4.47. The molecular weight excluding hydrogens is 317 g/mol. The maximum absolute atomic E-state index is 12.4. The summed E-state index contributed by atoms with van der Waals surface area (Å²) in [5.41, 5.74) is 0.863. The van der Waals surface area contributed by atoms with Crippen molar-refractivity contribution in [3.8, 4) is 0 Å². The van der Waals surface area contributed by atoms with E-state index in [-0.39, 0.29) is 11.3 Å². The molecule has 3 nitrogen and oxygen atoms in total. The fourth-order valence-corrected chi connectivity index (χ4v) is 3.95. The second-order valence-corrected chi connectivity index (χ2v) is 6.32. The maximum Gasteiger partial charge on any atom is 0.290 e. The summed E-state index contributed by atoms with van der Waals surface area (Å²) in [6.07, 6.45) is 1.50. The van der Waals surface area contributed by atoms with E-state index in [4.69, 9.17) is 27.6 Å². The number of benzene rings is 1. The fourth-order valence-electron chi connectivity index (χ4n) is 2.19. The smallest absolute Gasteiger partial charge is 0.290 e. The van der Waals surface area contributed by atoms with Gasteiger partial charge in [0, 0.05) is 17.9 Å². The molecule has 1 amide bonds. The molecule has 2 aromatic rings. The molecule has 3 rings (SSSR count). The van der Waals surface area contributed by atoms with Gasteiger partial charge >= 0.3 is 0 Å². The van der Waals surface area contributed by atoms with Crippen molar-refractivity contribution >= 4 is 40.9 Å². The molecule has 2 heterocycles. The molecule has 1 fully saturated rings. The van der Waals surface area contributed by atoms with Gasteiger partial charge in [0.25, 0.3) is 5.91 Å². The lowest BCUT2D eigenvalue weighted by Gasteiger charge is -2.24.